The van der Waals surface area contributed by atoms with Crippen LogP contribution in [0.2, 0.25) is 0 Å². The van der Waals surface area contributed by atoms with E-state index in [0.29, 0.717) is 12.3 Å². The highest BCUT2D eigenvalue weighted by Crippen LogP contribution is 2.27. The Kier molecular flexibility index (Phi) is 3.76. The summed E-state index contributed by atoms with van der Waals surface area (Å²) in [4.78, 5) is 4.55. The minimum atomic E-state index is -0.275. The van der Waals surface area contributed by atoms with Crippen LogP contribution in [0.15, 0.2) is 46.9 Å². The molecule has 0 spiro atoms. The third-order valence-corrected chi connectivity index (χ3v) is 3.96. The first-order valence-electron chi connectivity index (χ1n) is 6.18. The number of rotatable bonds is 3. The first-order valence-corrected chi connectivity index (χ1v) is 7.51. The zero-order valence-corrected chi connectivity index (χ0v) is 12.8. The summed E-state index contributed by atoms with van der Waals surface area (Å²) in [6.07, 6.45) is 0.624. The SMILES string of the molecule is Fc1ccc2nc(CCCl)n(-c3ccccc3Br)c2c1. The van der Waals surface area contributed by atoms with E-state index in [0.717, 1.165) is 27.0 Å². The van der Waals surface area contributed by atoms with Gasteiger partial charge in [0, 0.05) is 22.8 Å². The van der Waals surface area contributed by atoms with Gasteiger partial charge in [0.05, 0.1) is 16.7 Å². The lowest BCUT2D eigenvalue weighted by atomic mass is 10.2. The van der Waals surface area contributed by atoms with Crippen LogP contribution in [0.3, 0.4) is 0 Å². The number of benzene rings is 2. The summed E-state index contributed by atoms with van der Waals surface area (Å²) in [5, 5.41) is 0. The second kappa shape index (κ2) is 5.54. The Bertz CT molecular complexity index is 770. The molecule has 0 saturated carbocycles. The van der Waals surface area contributed by atoms with Crippen LogP contribution in [-0.2, 0) is 6.42 Å². The van der Waals surface area contributed by atoms with E-state index in [2.05, 4.69) is 20.9 Å². The molecule has 1 heterocycles. The van der Waals surface area contributed by atoms with Crippen LogP contribution in [0, 0.1) is 5.82 Å². The van der Waals surface area contributed by atoms with E-state index >= 15 is 0 Å². The van der Waals surface area contributed by atoms with Gasteiger partial charge < -0.3 is 0 Å². The molecule has 0 unspecified atom stereocenters. The van der Waals surface area contributed by atoms with Crippen molar-refractivity contribution in [2.24, 2.45) is 0 Å². The van der Waals surface area contributed by atoms with E-state index < -0.39 is 0 Å². The molecule has 2 nitrogen and oxygen atoms in total. The van der Waals surface area contributed by atoms with Gasteiger partial charge in [0.25, 0.3) is 0 Å². The van der Waals surface area contributed by atoms with Gasteiger partial charge in [-0.15, -0.1) is 11.6 Å². The number of hydrogen-bond donors (Lipinski definition) is 0. The van der Waals surface area contributed by atoms with Crippen molar-refractivity contribution in [2.75, 3.05) is 5.88 Å². The predicted molar refractivity (Wildman–Crippen MR) is 83.2 cm³/mol. The van der Waals surface area contributed by atoms with Crippen molar-refractivity contribution >= 4 is 38.6 Å². The van der Waals surface area contributed by atoms with Crippen LogP contribution < -0.4 is 0 Å². The van der Waals surface area contributed by atoms with E-state index in [1.54, 1.807) is 6.07 Å². The molecule has 3 aromatic rings. The first-order chi connectivity index (χ1) is 9.70. The monoisotopic (exact) mass is 352 g/mol. The Morgan fingerprint density at radius 2 is 2.00 bits per heavy atom. The summed E-state index contributed by atoms with van der Waals surface area (Å²) in [5.74, 6) is 1.02. The number of imidazole rings is 1. The van der Waals surface area contributed by atoms with Gasteiger partial charge in [-0.1, -0.05) is 12.1 Å². The molecule has 0 aliphatic heterocycles. The summed E-state index contributed by atoms with van der Waals surface area (Å²) in [6, 6.07) is 12.4. The van der Waals surface area contributed by atoms with Gasteiger partial charge in [0.1, 0.15) is 11.6 Å². The normalized spacial score (nSPS) is 11.2. The second-order valence-electron chi connectivity index (χ2n) is 4.39. The highest BCUT2D eigenvalue weighted by atomic mass is 79.9. The fraction of sp³-hybridized carbons (Fsp3) is 0.133. The molecular formula is C15H11BrClFN2. The minimum Gasteiger partial charge on any atom is -0.295 e. The fourth-order valence-electron chi connectivity index (χ4n) is 2.25. The maximum Gasteiger partial charge on any atom is 0.125 e. The predicted octanol–water partition coefficient (Wildman–Crippen LogP) is 4.71. The van der Waals surface area contributed by atoms with Crippen LogP contribution in [0.4, 0.5) is 4.39 Å². The minimum absolute atomic E-state index is 0.275. The van der Waals surface area contributed by atoms with Crippen molar-refractivity contribution < 1.29 is 4.39 Å². The Morgan fingerprint density at radius 3 is 2.75 bits per heavy atom. The largest absolute Gasteiger partial charge is 0.295 e. The van der Waals surface area contributed by atoms with Crippen molar-refractivity contribution in [3.8, 4) is 5.69 Å². The number of aromatic nitrogens is 2. The number of hydrogen-bond acceptors (Lipinski definition) is 1. The van der Waals surface area contributed by atoms with Crippen LogP contribution in [0.5, 0.6) is 0 Å². The molecule has 5 heteroatoms. The molecule has 0 aliphatic rings. The first kappa shape index (κ1) is 13.6. The lowest BCUT2D eigenvalue weighted by Crippen LogP contribution is -2.03. The molecule has 0 N–H and O–H groups in total. The molecule has 0 bridgehead atoms. The van der Waals surface area contributed by atoms with Gasteiger partial charge in [0.15, 0.2) is 0 Å². The second-order valence-corrected chi connectivity index (χ2v) is 5.62. The Labute approximate surface area is 129 Å². The van der Waals surface area contributed by atoms with Crippen LogP contribution in [0.25, 0.3) is 16.7 Å². The molecule has 0 atom stereocenters. The van der Waals surface area contributed by atoms with Crippen molar-refractivity contribution in [3.63, 3.8) is 0 Å². The highest BCUT2D eigenvalue weighted by Gasteiger charge is 2.14. The maximum atomic E-state index is 13.5. The highest BCUT2D eigenvalue weighted by molar-refractivity contribution is 9.10. The lowest BCUT2D eigenvalue weighted by molar-refractivity contribution is 0.629. The average Bonchev–Trinajstić information content (AvgIpc) is 2.77. The smallest absolute Gasteiger partial charge is 0.125 e. The summed E-state index contributed by atoms with van der Waals surface area (Å²) >= 11 is 9.39. The molecule has 0 radical (unpaired) electrons. The van der Waals surface area contributed by atoms with Crippen LogP contribution in [-0.4, -0.2) is 15.4 Å². The van der Waals surface area contributed by atoms with Gasteiger partial charge in [-0.3, -0.25) is 4.57 Å². The van der Waals surface area contributed by atoms with E-state index in [4.69, 9.17) is 11.6 Å². The van der Waals surface area contributed by atoms with E-state index in [-0.39, 0.29) is 5.82 Å². The summed E-state index contributed by atoms with van der Waals surface area (Å²) in [5.41, 5.74) is 2.44. The molecule has 102 valence electrons. The molecule has 20 heavy (non-hydrogen) atoms. The quantitative estimate of drug-likeness (QED) is 0.624. The third-order valence-electron chi connectivity index (χ3n) is 3.10. The average molecular weight is 354 g/mol. The number of halogens is 3. The standard InChI is InChI=1S/C15H11BrClFN2/c16-11-3-1-2-4-13(11)20-14-9-10(18)5-6-12(14)19-15(20)7-8-17/h1-6,9H,7-8H2. The zero-order chi connectivity index (χ0) is 14.1. The Morgan fingerprint density at radius 1 is 1.20 bits per heavy atom. The molecule has 0 aliphatic carbocycles. The number of alkyl halides is 1. The lowest BCUT2D eigenvalue weighted by Gasteiger charge is -2.10. The number of nitrogens with zero attached hydrogens (tertiary/aromatic N) is 2. The van der Waals surface area contributed by atoms with E-state index in [1.807, 2.05) is 28.8 Å². The Balaban J connectivity index is 2.34. The van der Waals surface area contributed by atoms with Gasteiger partial charge in [-0.25, -0.2) is 9.37 Å². The molecule has 3 rings (SSSR count). The van der Waals surface area contributed by atoms with Gasteiger partial charge >= 0.3 is 0 Å². The molecule has 0 saturated heterocycles. The summed E-state index contributed by atoms with van der Waals surface area (Å²) in [6.45, 7) is 0. The fourth-order valence-corrected chi connectivity index (χ4v) is 2.88. The van der Waals surface area contributed by atoms with Gasteiger partial charge in [-0.2, -0.15) is 0 Å². The van der Waals surface area contributed by atoms with Gasteiger partial charge in [-0.05, 0) is 40.2 Å². The molecule has 1 aromatic heterocycles. The van der Waals surface area contributed by atoms with Gasteiger partial charge in [0.2, 0.25) is 0 Å². The van der Waals surface area contributed by atoms with Crippen molar-refractivity contribution in [1.29, 1.82) is 0 Å². The van der Waals surface area contributed by atoms with E-state index in [9.17, 15) is 4.39 Å². The number of fused-ring (bicyclic) bond motifs is 1. The summed E-state index contributed by atoms with van der Waals surface area (Å²) < 4.78 is 16.4. The number of aryl methyl sites for hydroxylation is 1. The zero-order valence-electron chi connectivity index (χ0n) is 10.5. The van der Waals surface area contributed by atoms with Crippen molar-refractivity contribution in [2.45, 2.75) is 6.42 Å². The summed E-state index contributed by atoms with van der Waals surface area (Å²) in [7, 11) is 0. The molecular weight excluding hydrogens is 343 g/mol. The van der Waals surface area contributed by atoms with Crippen LogP contribution >= 0.6 is 27.5 Å². The Hall–Kier alpha value is -1.39. The van der Waals surface area contributed by atoms with E-state index in [1.165, 1.54) is 12.1 Å². The molecule has 2 aromatic carbocycles. The van der Waals surface area contributed by atoms with Crippen molar-refractivity contribution in [3.05, 3.63) is 58.6 Å². The molecule has 0 fully saturated rings. The molecule has 0 amide bonds. The topological polar surface area (TPSA) is 17.8 Å². The maximum absolute atomic E-state index is 13.5. The van der Waals surface area contributed by atoms with Crippen molar-refractivity contribution in [1.82, 2.24) is 9.55 Å². The van der Waals surface area contributed by atoms with Crippen LogP contribution in [0.1, 0.15) is 5.82 Å². The number of para-hydroxylation sites is 1. The third kappa shape index (κ3) is 2.34.